The first-order valence-electron chi connectivity index (χ1n) is 6.29. The summed E-state index contributed by atoms with van der Waals surface area (Å²) < 4.78 is 2.08. The molecule has 0 spiro atoms. The molecule has 1 aliphatic rings. The lowest BCUT2D eigenvalue weighted by molar-refractivity contribution is 0.321. The summed E-state index contributed by atoms with van der Waals surface area (Å²) in [6, 6.07) is 0. The molecule has 2 heterocycles. The third-order valence-corrected chi connectivity index (χ3v) is 3.22. The van der Waals surface area contributed by atoms with Crippen LogP contribution in [0.1, 0.15) is 44.3 Å². The molecule has 0 bridgehead atoms. The summed E-state index contributed by atoms with van der Waals surface area (Å²) in [6.45, 7) is 9.64. The molecule has 0 saturated carbocycles. The number of rotatable bonds is 3. The highest BCUT2D eigenvalue weighted by molar-refractivity contribution is 4.95. The largest absolute Gasteiger partial charge is 0.316 e. The second-order valence-electron chi connectivity index (χ2n) is 5.07. The Hall–Kier alpha value is -0.900. The van der Waals surface area contributed by atoms with Gasteiger partial charge in [-0.05, 0) is 38.8 Å². The zero-order chi connectivity index (χ0) is 11.5. The van der Waals surface area contributed by atoms with E-state index in [1.165, 1.54) is 19.4 Å². The second-order valence-corrected chi connectivity index (χ2v) is 5.07. The van der Waals surface area contributed by atoms with Gasteiger partial charge in [0.1, 0.15) is 5.82 Å². The summed E-state index contributed by atoms with van der Waals surface area (Å²) >= 11 is 0. The van der Waals surface area contributed by atoms with E-state index in [1.807, 2.05) is 0 Å². The van der Waals surface area contributed by atoms with Gasteiger partial charge in [-0.3, -0.25) is 0 Å². The first kappa shape index (κ1) is 11.6. The van der Waals surface area contributed by atoms with Crippen molar-refractivity contribution >= 4 is 0 Å². The first-order chi connectivity index (χ1) is 7.66. The smallest absolute Gasteiger partial charge is 0.153 e. The molecular formula is C12H22N4. The average Bonchev–Trinajstić information content (AvgIpc) is 2.62. The molecule has 90 valence electrons. The molecule has 0 aromatic carbocycles. The Labute approximate surface area is 97.5 Å². The Kier molecular flexibility index (Phi) is 3.59. The van der Waals surface area contributed by atoms with Crippen molar-refractivity contribution in [1.29, 1.82) is 0 Å². The number of hydrogen-bond acceptors (Lipinski definition) is 3. The Balaban J connectivity index is 2.02. The number of nitrogens with one attached hydrogen (secondary N) is 1. The third-order valence-electron chi connectivity index (χ3n) is 3.22. The lowest BCUT2D eigenvalue weighted by Gasteiger charge is -2.22. The molecule has 1 unspecified atom stereocenters. The lowest BCUT2D eigenvalue weighted by Crippen LogP contribution is -2.32. The lowest BCUT2D eigenvalue weighted by atomic mass is 10.00. The van der Waals surface area contributed by atoms with Crippen LogP contribution in [0.2, 0.25) is 0 Å². The molecule has 1 aliphatic heterocycles. The predicted molar refractivity (Wildman–Crippen MR) is 64.4 cm³/mol. The molecule has 1 atom stereocenters. The fourth-order valence-corrected chi connectivity index (χ4v) is 2.18. The van der Waals surface area contributed by atoms with Crippen molar-refractivity contribution in [1.82, 2.24) is 20.1 Å². The van der Waals surface area contributed by atoms with E-state index in [0.29, 0.717) is 11.8 Å². The van der Waals surface area contributed by atoms with Gasteiger partial charge in [0.2, 0.25) is 0 Å². The van der Waals surface area contributed by atoms with Crippen LogP contribution >= 0.6 is 0 Å². The normalized spacial score (nSPS) is 21.6. The average molecular weight is 222 g/mol. The Morgan fingerprint density at radius 3 is 2.88 bits per heavy atom. The molecule has 0 aliphatic carbocycles. The maximum Gasteiger partial charge on any atom is 0.153 e. The minimum absolute atomic E-state index is 0.421. The summed E-state index contributed by atoms with van der Waals surface area (Å²) in [4.78, 5) is 4.51. The number of aryl methyl sites for hydroxylation is 1. The molecule has 1 saturated heterocycles. The Morgan fingerprint density at radius 1 is 1.50 bits per heavy atom. The first-order valence-corrected chi connectivity index (χ1v) is 6.29. The van der Waals surface area contributed by atoms with Crippen molar-refractivity contribution in [3.05, 3.63) is 11.6 Å². The summed E-state index contributed by atoms with van der Waals surface area (Å²) in [5.41, 5.74) is 0. The van der Waals surface area contributed by atoms with Gasteiger partial charge in [-0.25, -0.2) is 9.67 Å². The fourth-order valence-electron chi connectivity index (χ4n) is 2.18. The van der Waals surface area contributed by atoms with E-state index in [0.717, 1.165) is 24.7 Å². The highest BCUT2D eigenvalue weighted by Crippen LogP contribution is 2.15. The van der Waals surface area contributed by atoms with Crippen LogP contribution in [0, 0.1) is 12.8 Å². The molecule has 0 radical (unpaired) electrons. The quantitative estimate of drug-likeness (QED) is 0.846. The number of hydrogen-bond donors (Lipinski definition) is 1. The van der Waals surface area contributed by atoms with E-state index in [2.05, 4.69) is 40.9 Å². The molecule has 0 amide bonds. The van der Waals surface area contributed by atoms with Gasteiger partial charge in [0.05, 0.1) is 0 Å². The molecule has 4 heteroatoms. The molecule has 16 heavy (non-hydrogen) atoms. The Bertz CT molecular complexity index is 337. The molecule has 2 rings (SSSR count). The van der Waals surface area contributed by atoms with Crippen LogP contribution in [0.25, 0.3) is 0 Å². The maximum absolute atomic E-state index is 4.58. The van der Waals surface area contributed by atoms with Gasteiger partial charge in [-0.1, -0.05) is 13.8 Å². The fraction of sp³-hybridized carbons (Fsp3) is 0.833. The van der Waals surface area contributed by atoms with Crippen molar-refractivity contribution in [2.24, 2.45) is 5.92 Å². The van der Waals surface area contributed by atoms with Gasteiger partial charge in [0, 0.05) is 12.5 Å². The second kappa shape index (κ2) is 4.95. The van der Waals surface area contributed by atoms with E-state index >= 15 is 0 Å². The van der Waals surface area contributed by atoms with Gasteiger partial charge >= 0.3 is 0 Å². The zero-order valence-corrected chi connectivity index (χ0v) is 10.5. The van der Waals surface area contributed by atoms with Crippen molar-refractivity contribution in [2.45, 2.75) is 46.1 Å². The van der Waals surface area contributed by atoms with Crippen LogP contribution in [0.15, 0.2) is 0 Å². The topological polar surface area (TPSA) is 42.7 Å². The monoisotopic (exact) mass is 222 g/mol. The van der Waals surface area contributed by atoms with Crippen LogP contribution in [-0.4, -0.2) is 27.9 Å². The third kappa shape index (κ3) is 2.61. The van der Waals surface area contributed by atoms with Crippen molar-refractivity contribution < 1.29 is 0 Å². The zero-order valence-electron chi connectivity index (χ0n) is 10.5. The number of piperidine rings is 1. The van der Waals surface area contributed by atoms with Crippen LogP contribution in [0.4, 0.5) is 0 Å². The van der Waals surface area contributed by atoms with E-state index in [1.54, 1.807) is 0 Å². The van der Waals surface area contributed by atoms with Gasteiger partial charge in [-0.15, -0.1) is 0 Å². The van der Waals surface area contributed by atoms with Crippen LogP contribution in [0.5, 0.6) is 0 Å². The van der Waals surface area contributed by atoms with E-state index < -0.39 is 0 Å². The maximum atomic E-state index is 4.58. The van der Waals surface area contributed by atoms with E-state index in [4.69, 9.17) is 0 Å². The van der Waals surface area contributed by atoms with Crippen molar-refractivity contribution in [3.8, 4) is 0 Å². The van der Waals surface area contributed by atoms with Gasteiger partial charge < -0.3 is 5.32 Å². The summed E-state index contributed by atoms with van der Waals surface area (Å²) in [5.74, 6) is 3.16. The number of aromatic nitrogens is 3. The van der Waals surface area contributed by atoms with Crippen molar-refractivity contribution in [3.63, 3.8) is 0 Å². The van der Waals surface area contributed by atoms with Crippen molar-refractivity contribution in [2.75, 3.05) is 13.1 Å². The molecule has 1 aromatic rings. The number of nitrogens with zero attached hydrogens (tertiary/aromatic N) is 3. The standard InChI is InChI=1S/C12H22N4/c1-9(2)12-14-10(3)16(15-12)8-11-5-4-6-13-7-11/h9,11,13H,4-8H2,1-3H3. The summed E-state index contributed by atoms with van der Waals surface area (Å²) in [7, 11) is 0. The van der Waals surface area contributed by atoms with Crippen LogP contribution < -0.4 is 5.32 Å². The highest BCUT2D eigenvalue weighted by Gasteiger charge is 2.16. The minimum Gasteiger partial charge on any atom is -0.316 e. The summed E-state index contributed by atoms with van der Waals surface area (Å²) in [6.07, 6.45) is 2.60. The van der Waals surface area contributed by atoms with E-state index in [9.17, 15) is 0 Å². The molecule has 1 aromatic heterocycles. The molecule has 4 nitrogen and oxygen atoms in total. The molecule has 1 fully saturated rings. The minimum atomic E-state index is 0.421. The van der Waals surface area contributed by atoms with Gasteiger partial charge in [0.15, 0.2) is 5.82 Å². The van der Waals surface area contributed by atoms with Gasteiger partial charge in [0.25, 0.3) is 0 Å². The highest BCUT2D eigenvalue weighted by atomic mass is 15.3. The molecule has 1 N–H and O–H groups in total. The van der Waals surface area contributed by atoms with E-state index in [-0.39, 0.29) is 0 Å². The molecular weight excluding hydrogens is 200 g/mol. The predicted octanol–water partition coefficient (Wildman–Crippen LogP) is 1.71. The Morgan fingerprint density at radius 2 is 2.31 bits per heavy atom. The SMILES string of the molecule is Cc1nc(C(C)C)nn1CC1CCCNC1. The van der Waals surface area contributed by atoms with Crippen LogP contribution in [0.3, 0.4) is 0 Å². The van der Waals surface area contributed by atoms with Gasteiger partial charge in [-0.2, -0.15) is 5.10 Å². The summed E-state index contributed by atoms with van der Waals surface area (Å²) in [5, 5.41) is 8.02. The van der Waals surface area contributed by atoms with Crippen LogP contribution in [-0.2, 0) is 6.54 Å².